The maximum Gasteiger partial charge on any atom is 0.265 e. The van der Waals surface area contributed by atoms with Crippen molar-refractivity contribution in [2.45, 2.75) is 12.3 Å². The van der Waals surface area contributed by atoms with Crippen LogP contribution in [-0.4, -0.2) is 10.9 Å². The van der Waals surface area contributed by atoms with Crippen LogP contribution in [0.4, 0.5) is 8.78 Å². The second-order valence-corrected chi connectivity index (χ2v) is 2.83. The molecular formula is C8H7ClF2N2O. The highest BCUT2D eigenvalue weighted by molar-refractivity contribution is 6.17. The van der Waals surface area contributed by atoms with Crippen molar-refractivity contribution in [3.8, 4) is 0 Å². The fourth-order valence-corrected chi connectivity index (χ4v) is 1.16. The number of carbonyl (C=O) groups excluding carboxylic acids is 1. The van der Waals surface area contributed by atoms with Crippen LogP contribution in [-0.2, 0) is 5.88 Å². The molecule has 0 saturated heterocycles. The third-order valence-electron chi connectivity index (χ3n) is 1.64. The first-order valence-electron chi connectivity index (χ1n) is 3.69. The first kappa shape index (κ1) is 10.8. The molecule has 1 amide bonds. The van der Waals surface area contributed by atoms with Crippen LogP contribution < -0.4 is 5.73 Å². The maximum absolute atomic E-state index is 12.2. The number of nitrogens with two attached hydrogens (primary N) is 1. The van der Waals surface area contributed by atoms with Crippen molar-refractivity contribution in [2.24, 2.45) is 5.73 Å². The summed E-state index contributed by atoms with van der Waals surface area (Å²) in [5.41, 5.74) is 4.79. The largest absolute Gasteiger partial charge is 0.366 e. The zero-order valence-electron chi connectivity index (χ0n) is 7.01. The van der Waals surface area contributed by atoms with E-state index in [-0.39, 0.29) is 22.7 Å². The molecule has 76 valence electrons. The predicted molar refractivity (Wildman–Crippen MR) is 47.3 cm³/mol. The molecule has 0 spiro atoms. The van der Waals surface area contributed by atoms with Crippen LogP contribution in [0.2, 0.25) is 0 Å². The topological polar surface area (TPSA) is 56.0 Å². The number of nitrogens with zero attached hydrogens (tertiary/aromatic N) is 1. The molecule has 0 aromatic carbocycles. The van der Waals surface area contributed by atoms with E-state index in [2.05, 4.69) is 4.98 Å². The fraction of sp³-hybridized carbons (Fsp3) is 0.250. The second kappa shape index (κ2) is 4.32. The van der Waals surface area contributed by atoms with Crippen molar-refractivity contribution in [1.29, 1.82) is 0 Å². The summed E-state index contributed by atoms with van der Waals surface area (Å²) in [6, 6.07) is 1.01. The smallest absolute Gasteiger partial charge is 0.265 e. The summed E-state index contributed by atoms with van der Waals surface area (Å²) in [5, 5.41) is 0. The molecule has 0 unspecified atom stereocenters. The highest BCUT2D eigenvalue weighted by Crippen LogP contribution is 2.20. The van der Waals surface area contributed by atoms with Gasteiger partial charge in [-0.3, -0.25) is 9.78 Å². The van der Waals surface area contributed by atoms with E-state index >= 15 is 0 Å². The molecule has 0 aliphatic carbocycles. The molecule has 14 heavy (non-hydrogen) atoms. The summed E-state index contributed by atoms with van der Waals surface area (Å²) in [6.45, 7) is 0. The Hall–Kier alpha value is -1.23. The van der Waals surface area contributed by atoms with Gasteiger partial charge in [0, 0.05) is 11.8 Å². The van der Waals surface area contributed by atoms with Gasteiger partial charge < -0.3 is 5.73 Å². The molecule has 3 nitrogen and oxygen atoms in total. The van der Waals surface area contributed by atoms with Gasteiger partial charge in [-0.2, -0.15) is 0 Å². The standard InChI is InChI=1S/C8H7ClF2N2O/c9-2-6-5(8(12)14)1-4(3-13-6)7(10)11/h1,3,7H,2H2,(H2,12,14). The van der Waals surface area contributed by atoms with Crippen molar-refractivity contribution in [3.05, 3.63) is 29.1 Å². The Kier molecular flexibility index (Phi) is 3.35. The second-order valence-electron chi connectivity index (χ2n) is 2.56. The van der Waals surface area contributed by atoms with E-state index in [0.717, 1.165) is 12.3 Å². The van der Waals surface area contributed by atoms with Crippen LogP contribution in [0.15, 0.2) is 12.3 Å². The first-order chi connectivity index (χ1) is 6.56. The normalized spacial score (nSPS) is 10.6. The number of carbonyl (C=O) groups is 1. The molecule has 0 fully saturated rings. The van der Waals surface area contributed by atoms with Gasteiger partial charge in [0.2, 0.25) is 0 Å². The van der Waals surface area contributed by atoms with Crippen molar-refractivity contribution < 1.29 is 13.6 Å². The number of hydrogen-bond acceptors (Lipinski definition) is 2. The zero-order valence-corrected chi connectivity index (χ0v) is 7.76. The Labute approximate surface area is 83.9 Å². The molecular weight excluding hydrogens is 214 g/mol. The summed E-state index contributed by atoms with van der Waals surface area (Å²) in [7, 11) is 0. The Balaban J connectivity index is 3.21. The highest BCUT2D eigenvalue weighted by atomic mass is 35.5. The van der Waals surface area contributed by atoms with E-state index in [9.17, 15) is 13.6 Å². The third-order valence-corrected chi connectivity index (χ3v) is 1.89. The van der Waals surface area contributed by atoms with E-state index < -0.39 is 12.3 Å². The molecule has 1 heterocycles. The zero-order chi connectivity index (χ0) is 10.7. The van der Waals surface area contributed by atoms with Gasteiger partial charge in [0.1, 0.15) is 0 Å². The predicted octanol–water partition coefficient (Wildman–Crippen LogP) is 1.86. The SMILES string of the molecule is NC(=O)c1cc(C(F)F)cnc1CCl. The molecule has 0 radical (unpaired) electrons. The van der Waals surface area contributed by atoms with Crippen LogP contribution in [0, 0.1) is 0 Å². The van der Waals surface area contributed by atoms with Crippen LogP contribution in [0.25, 0.3) is 0 Å². The molecule has 0 bridgehead atoms. The van der Waals surface area contributed by atoms with Crippen molar-refractivity contribution >= 4 is 17.5 Å². The molecule has 2 N–H and O–H groups in total. The molecule has 6 heteroatoms. The van der Waals surface area contributed by atoms with Gasteiger partial charge in [-0.1, -0.05) is 0 Å². The quantitative estimate of drug-likeness (QED) is 0.791. The van der Waals surface area contributed by atoms with Crippen molar-refractivity contribution in [3.63, 3.8) is 0 Å². The molecule has 1 rings (SSSR count). The lowest BCUT2D eigenvalue weighted by Gasteiger charge is -2.05. The monoisotopic (exact) mass is 220 g/mol. The van der Waals surface area contributed by atoms with E-state index in [0.29, 0.717) is 0 Å². The number of pyridine rings is 1. The highest BCUT2D eigenvalue weighted by Gasteiger charge is 2.14. The minimum absolute atomic E-state index is 0.0399. The lowest BCUT2D eigenvalue weighted by molar-refractivity contribution is 0.0998. The summed E-state index contributed by atoms with van der Waals surface area (Å²) in [5.74, 6) is -0.849. The van der Waals surface area contributed by atoms with Crippen LogP contribution >= 0.6 is 11.6 Å². The summed E-state index contributed by atoms with van der Waals surface area (Å²) >= 11 is 5.45. The van der Waals surface area contributed by atoms with Gasteiger partial charge in [-0.05, 0) is 6.07 Å². The van der Waals surface area contributed by atoms with E-state index in [1.54, 1.807) is 0 Å². The van der Waals surface area contributed by atoms with Crippen LogP contribution in [0.5, 0.6) is 0 Å². The van der Waals surface area contributed by atoms with Gasteiger partial charge in [0.25, 0.3) is 12.3 Å². The first-order valence-corrected chi connectivity index (χ1v) is 4.22. The lowest BCUT2D eigenvalue weighted by Crippen LogP contribution is -2.15. The molecule has 0 aliphatic rings. The number of amides is 1. The number of alkyl halides is 3. The number of primary amides is 1. The minimum atomic E-state index is -2.68. The number of aromatic nitrogens is 1. The van der Waals surface area contributed by atoms with Gasteiger partial charge >= 0.3 is 0 Å². The minimum Gasteiger partial charge on any atom is -0.366 e. The third kappa shape index (κ3) is 2.17. The Bertz CT molecular complexity index is 357. The van der Waals surface area contributed by atoms with Crippen molar-refractivity contribution in [1.82, 2.24) is 4.98 Å². The molecule has 1 aromatic heterocycles. The van der Waals surface area contributed by atoms with Crippen LogP contribution in [0.3, 0.4) is 0 Å². The number of hydrogen-bond donors (Lipinski definition) is 1. The average Bonchev–Trinajstić information content (AvgIpc) is 2.16. The fourth-order valence-electron chi connectivity index (χ4n) is 0.948. The summed E-state index contributed by atoms with van der Waals surface area (Å²) in [4.78, 5) is 14.5. The number of rotatable bonds is 3. The van der Waals surface area contributed by atoms with Gasteiger partial charge in [-0.25, -0.2) is 8.78 Å². The Morgan fingerprint density at radius 3 is 2.71 bits per heavy atom. The maximum atomic E-state index is 12.2. The van der Waals surface area contributed by atoms with Gasteiger partial charge in [0.15, 0.2) is 0 Å². The summed E-state index contributed by atoms with van der Waals surface area (Å²) in [6.07, 6.45) is -1.69. The molecule has 0 aliphatic heterocycles. The molecule has 0 atom stereocenters. The molecule has 1 aromatic rings. The average molecular weight is 221 g/mol. The lowest BCUT2D eigenvalue weighted by atomic mass is 10.1. The van der Waals surface area contributed by atoms with Crippen molar-refractivity contribution in [2.75, 3.05) is 0 Å². The Morgan fingerprint density at radius 1 is 1.64 bits per heavy atom. The van der Waals surface area contributed by atoms with Crippen LogP contribution in [0.1, 0.15) is 28.0 Å². The number of halogens is 3. The summed E-state index contributed by atoms with van der Waals surface area (Å²) < 4.78 is 24.4. The van der Waals surface area contributed by atoms with E-state index in [1.807, 2.05) is 0 Å². The Morgan fingerprint density at radius 2 is 2.29 bits per heavy atom. The van der Waals surface area contributed by atoms with Gasteiger partial charge in [0.05, 0.1) is 17.1 Å². The van der Waals surface area contributed by atoms with E-state index in [4.69, 9.17) is 17.3 Å². The van der Waals surface area contributed by atoms with E-state index in [1.165, 1.54) is 0 Å². The van der Waals surface area contributed by atoms with Gasteiger partial charge in [-0.15, -0.1) is 11.6 Å². The molecule has 0 saturated carbocycles.